The minimum atomic E-state index is -0.0994. The largest absolute Gasteiger partial charge is 0.338 e. The second-order valence-electron chi connectivity index (χ2n) is 3.62. The third kappa shape index (κ3) is 4.99. The second kappa shape index (κ2) is 5.01. The Balaban J connectivity index is 3.68. The van der Waals surface area contributed by atoms with Crippen molar-refractivity contribution < 1.29 is 4.79 Å². The average molecular weight is 172 g/mol. The summed E-state index contributed by atoms with van der Waals surface area (Å²) in [6, 6.07) is -0.0660. The van der Waals surface area contributed by atoms with Crippen LogP contribution in [-0.4, -0.2) is 18.1 Å². The number of amides is 2. The van der Waals surface area contributed by atoms with Crippen molar-refractivity contribution in [1.82, 2.24) is 10.6 Å². The molecule has 0 bridgehead atoms. The van der Waals surface area contributed by atoms with Crippen molar-refractivity contribution >= 4 is 6.03 Å². The van der Waals surface area contributed by atoms with Crippen LogP contribution in [0.5, 0.6) is 0 Å². The van der Waals surface area contributed by atoms with Gasteiger partial charge in [0.15, 0.2) is 0 Å². The summed E-state index contributed by atoms with van der Waals surface area (Å²) < 4.78 is 0. The highest BCUT2D eigenvalue weighted by molar-refractivity contribution is 5.74. The Labute approximate surface area is 74.9 Å². The fourth-order valence-electron chi connectivity index (χ4n) is 0.678. The minimum Gasteiger partial charge on any atom is -0.338 e. The molecule has 0 saturated carbocycles. The van der Waals surface area contributed by atoms with Gasteiger partial charge >= 0.3 is 6.03 Å². The fraction of sp³-hybridized carbons (Fsp3) is 0.889. The molecular formula is C9H20N2O. The number of rotatable bonds is 4. The van der Waals surface area contributed by atoms with Crippen LogP contribution in [0.25, 0.3) is 0 Å². The summed E-state index contributed by atoms with van der Waals surface area (Å²) in [6.07, 6.45) is 1.91. The van der Waals surface area contributed by atoms with Gasteiger partial charge in [-0.3, -0.25) is 0 Å². The summed E-state index contributed by atoms with van der Waals surface area (Å²) in [5.74, 6) is 0. The van der Waals surface area contributed by atoms with E-state index in [1.807, 2.05) is 20.8 Å². The normalized spacial score (nSPS) is 11.0. The topological polar surface area (TPSA) is 41.1 Å². The monoisotopic (exact) mass is 172 g/mol. The van der Waals surface area contributed by atoms with E-state index in [4.69, 9.17) is 0 Å². The molecule has 2 amide bonds. The van der Waals surface area contributed by atoms with Crippen molar-refractivity contribution in [2.24, 2.45) is 0 Å². The molecule has 0 rings (SSSR count). The molecule has 0 atom stereocenters. The van der Waals surface area contributed by atoms with E-state index >= 15 is 0 Å². The maximum atomic E-state index is 11.2. The quantitative estimate of drug-likeness (QED) is 0.668. The van der Waals surface area contributed by atoms with Crippen LogP contribution in [0.3, 0.4) is 0 Å². The maximum Gasteiger partial charge on any atom is 0.315 e. The Hall–Kier alpha value is -0.730. The van der Waals surface area contributed by atoms with Gasteiger partial charge in [0.25, 0.3) is 0 Å². The number of nitrogens with one attached hydrogen (secondary N) is 2. The minimum absolute atomic E-state index is 0.0660. The molecule has 0 unspecified atom stereocenters. The molecule has 12 heavy (non-hydrogen) atoms. The molecular weight excluding hydrogens is 152 g/mol. The third-order valence-corrected chi connectivity index (χ3v) is 1.87. The lowest BCUT2D eigenvalue weighted by molar-refractivity contribution is 0.229. The Morgan fingerprint density at radius 2 is 1.92 bits per heavy atom. The zero-order valence-electron chi connectivity index (χ0n) is 8.53. The van der Waals surface area contributed by atoms with Crippen LogP contribution in [0.1, 0.15) is 40.5 Å². The van der Waals surface area contributed by atoms with Gasteiger partial charge in [-0.2, -0.15) is 0 Å². The summed E-state index contributed by atoms with van der Waals surface area (Å²) in [4.78, 5) is 11.2. The second-order valence-corrected chi connectivity index (χ2v) is 3.62. The third-order valence-electron chi connectivity index (χ3n) is 1.87. The molecule has 0 fully saturated rings. The molecule has 0 aromatic heterocycles. The van der Waals surface area contributed by atoms with E-state index in [0.29, 0.717) is 0 Å². The predicted molar refractivity (Wildman–Crippen MR) is 51.2 cm³/mol. The first kappa shape index (κ1) is 11.3. The van der Waals surface area contributed by atoms with Crippen LogP contribution in [-0.2, 0) is 0 Å². The van der Waals surface area contributed by atoms with Gasteiger partial charge in [-0.15, -0.1) is 0 Å². The highest BCUT2D eigenvalue weighted by Crippen LogP contribution is 2.05. The first-order valence-corrected chi connectivity index (χ1v) is 4.58. The van der Waals surface area contributed by atoms with Gasteiger partial charge < -0.3 is 10.6 Å². The lowest BCUT2D eigenvalue weighted by Gasteiger charge is -2.24. The Morgan fingerprint density at radius 1 is 1.33 bits per heavy atom. The lowest BCUT2D eigenvalue weighted by Crippen LogP contribution is -2.48. The Kier molecular flexibility index (Phi) is 4.71. The maximum absolute atomic E-state index is 11.2. The van der Waals surface area contributed by atoms with E-state index in [9.17, 15) is 4.79 Å². The zero-order chi connectivity index (χ0) is 9.61. The molecule has 3 heteroatoms. The number of hydrogen-bond donors (Lipinski definition) is 2. The molecule has 2 N–H and O–H groups in total. The molecule has 0 heterocycles. The van der Waals surface area contributed by atoms with Crippen LogP contribution in [0, 0.1) is 0 Å². The van der Waals surface area contributed by atoms with Crippen molar-refractivity contribution in [2.45, 2.75) is 46.1 Å². The first-order chi connectivity index (χ1) is 5.52. The number of carbonyl (C=O) groups excluding carboxylic acids is 1. The Morgan fingerprint density at radius 3 is 2.33 bits per heavy atom. The van der Waals surface area contributed by atoms with Crippen LogP contribution in [0.15, 0.2) is 0 Å². The van der Waals surface area contributed by atoms with Gasteiger partial charge in [0, 0.05) is 12.1 Å². The first-order valence-electron chi connectivity index (χ1n) is 4.58. The molecule has 0 spiro atoms. The highest BCUT2D eigenvalue weighted by atomic mass is 16.2. The standard InChI is InChI=1S/C9H20N2O/c1-5-7-10-8(12)11-9(3,4)6-2/h5-7H2,1-4H3,(H2,10,11,12). The molecule has 3 nitrogen and oxygen atoms in total. The van der Waals surface area contributed by atoms with Gasteiger partial charge in [-0.25, -0.2) is 4.79 Å². The molecule has 0 radical (unpaired) electrons. The molecule has 0 saturated heterocycles. The van der Waals surface area contributed by atoms with E-state index in [2.05, 4.69) is 17.6 Å². The van der Waals surface area contributed by atoms with Crippen LogP contribution in [0.4, 0.5) is 4.79 Å². The number of hydrogen-bond acceptors (Lipinski definition) is 1. The Bertz CT molecular complexity index is 143. The van der Waals surface area contributed by atoms with Crippen molar-refractivity contribution in [2.75, 3.05) is 6.54 Å². The molecule has 0 aliphatic rings. The molecule has 72 valence electrons. The molecule has 0 aromatic rings. The van der Waals surface area contributed by atoms with Crippen LogP contribution >= 0.6 is 0 Å². The van der Waals surface area contributed by atoms with Gasteiger partial charge in [0.2, 0.25) is 0 Å². The van der Waals surface area contributed by atoms with Crippen molar-refractivity contribution in [3.63, 3.8) is 0 Å². The SMILES string of the molecule is CCCNC(=O)NC(C)(C)CC. The van der Waals surface area contributed by atoms with Gasteiger partial charge in [0.05, 0.1) is 0 Å². The van der Waals surface area contributed by atoms with Gasteiger partial charge in [0.1, 0.15) is 0 Å². The van der Waals surface area contributed by atoms with Crippen molar-refractivity contribution in [1.29, 1.82) is 0 Å². The fourth-order valence-corrected chi connectivity index (χ4v) is 0.678. The molecule has 0 aliphatic heterocycles. The summed E-state index contributed by atoms with van der Waals surface area (Å²) in [7, 11) is 0. The van der Waals surface area contributed by atoms with Crippen LogP contribution in [0.2, 0.25) is 0 Å². The summed E-state index contributed by atoms with van der Waals surface area (Å²) in [5.41, 5.74) is -0.0994. The number of urea groups is 1. The summed E-state index contributed by atoms with van der Waals surface area (Å²) >= 11 is 0. The predicted octanol–water partition coefficient (Wildman–Crippen LogP) is 1.88. The van der Waals surface area contributed by atoms with E-state index in [-0.39, 0.29) is 11.6 Å². The number of carbonyl (C=O) groups is 1. The lowest BCUT2D eigenvalue weighted by atomic mass is 10.0. The molecule has 0 aromatic carbocycles. The average Bonchev–Trinajstić information content (AvgIpc) is 2.00. The van der Waals surface area contributed by atoms with Gasteiger partial charge in [-0.05, 0) is 26.7 Å². The van der Waals surface area contributed by atoms with E-state index in [1.54, 1.807) is 0 Å². The smallest absolute Gasteiger partial charge is 0.315 e. The van der Waals surface area contributed by atoms with E-state index in [1.165, 1.54) is 0 Å². The van der Waals surface area contributed by atoms with E-state index < -0.39 is 0 Å². The van der Waals surface area contributed by atoms with E-state index in [0.717, 1.165) is 19.4 Å². The summed E-state index contributed by atoms with van der Waals surface area (Å²) in [5, 5.41) is 5.66. The zero-order valence-corrected chi connectivity index (χ0v) is 8.53. The van der Waals surface area contributed by atoms with Gasteiger partial charge in [-0.1, -0.05) is 13.8 Å². The van der Waals surface area contributed by atoms with Crippen molar-refractivity contribution in [3.05, 3.63) is 0 Å². The highest BCUT2D eigenvalue weighted by Gasteiger charge is 2.16. The summed E-state index contributed by atoms with van der Waals surface area (Å²) in [6.45, 7) is 8.86. The van der Waals surface area contributed by atoms with Crippen LogP contribution < -0.4 is 10.6 Å². The van der Waals surface area contributed by atoms with Crippen molar-refractivity contribution in [3.8, 4) is 0 Å². The molecule has 0 aliphatic carbocycles.